The fourth-order valence-corrected chi connectivity index (χ4v) is 3.45. The number of nitrogens with one attached hydrogen (secondary N) is 1. The topological polar surface area (TPSA) is 66.5 Å². The van der Waals surface area contributed by atoms with E-state index in [1.54, 1.807) is 0 Å². The van der Waals surface area contributed by atoms with Crippen molar-refractivity contribution in [3.8, 4) is 0 Å². The number of amides is 3. The van der Waals surface area contributed by atoms with E-state index >= 15 is 0 Å². The van der Waals surface area contributed by atoms with Gasteiger partial charge in [0.2, 0.25) is 17.7 Å². The Kier molecular flexibility index (Phi) is 4.71. The summed E-state index contributed by atoms with van der Waals surface area (Å²) in [7, 11) is 0. The van der Waals surface area contributed by atoms with Gasteiger partial charge in [-0.25, -0.2) is 0 Å². The number of fused-ring (bicyclic) bond motifs is 1. The molecular formula is C18H19ClN2O3. The molecular weight excluding hydrogens is 328 g/mol. The highest BCUT2D eigenvalue weighted by atomic mass is 35.5. The molecule has 0 bridgehead atoms. The summed E-state index contributed by atoms with van der Waals surface area (Å²) in [5, 5.41) is 3.41. The zero-order valence-corrected chi connectivity index (χ0v) is 14.2. The van der Waals surface area contributed by atoms with Crippen molar-refractivity contribution in [2.75, 3.05) is 11.9 Å². The molecule has 0 spiro atoms. The lowest BCUT2D eigenvalue weighted by atomic mass is 9.85. The Morgan fingerprint density at radius 1 is 1.21 bits per heavy atom. The molecule has 6 heteroatoms. The molecule has 1 heterocycles. The standard InChI is InChI=1S/C18H19ClN2O3/c1-11-2-5-13(6-3-11)20-16(22)8-9-21-17(23)14-7-4-12(19)10-15(14)18(21)24/h2-6,14-15H,7-10H2,1H3,(H,20,22)/t14-,15-/m0/s1. The van der Waals surface area contributed by atoms with Gasteiger partial charge in [-0.05, 0) is 31.9 Å². The highest BCUT2D eigenvalue weighted by Gasteiger charge is 2.48. The van der Waals surface area contributed by atoms with Crippen LogP contribution in [0.3, 0.4) is 0 Å². The molecule has 1 saturated heterocycles. The third kappa shape index (κ3) is 3.36. The number of anilines is 1. The minimum atomic E-state index is -0.366. The van der Waals surface area contributed by atoms with Crippen molar-refractivity contribution in [3.63, 3.8) is 0 Å². The number of carbonyl (C=O) groups excluding carboxylic acids is 3. The minimum Gasteiger partial charge on any atom is -0.326 e. The third-order valence-corrected chi connectivity index (χ3v) is 4.87. The van der Waals surface area contributed by atoms with Crippen LogP contribution in [-0.4, -0.2) is 29.2 Å². The summed E-state index contributed by atoms with van der Waals surface area (Å²) in [6.45, 7) is 2.08. The largest absolute Gasteiger partial charge is 0.326 e. The summed E-state index contributed by atoms with van der Waals surface area (Å²) >= 11 is 5.99. The van der Waals surface area contributed by atoms with Crippen LogP contribution in [0, 0.1) is 18.8 Å². The monoisotopic (exact) mass is 346 g/mol. The first kappa shape index (κ1) is 16.7. The van der Waals surface area contributed by atoms with Gasteiger partial charge in [0.1, 0.15) is 0 Å². The number of benzene rings is 1. The zero-order valence-electron chi connectivity index (χ0n) is 13.4. The second-order valence-electron chi connectivity index (χ2n) is 6.30. The number of allylic oxidation sites excluding steroid dienone is 2. The van der Waals surface area contributed by atoms with Crippen molar-refractivity contribution in [2.24, 2.45) is 11.8 Å². The van der Waals surface area contributed by atoms with Crippen LogP contribution in [0.25, 0.3) is 0 Å². The van der Waals surface area contributed by atoms with E-state index in [2.05, 4.69) is 5.32 Å². The quantitative estimate of drug-likeness (QED) is 0.852. The first-order valence-electron chi connectivity index (χ1n) is 8.02. The van der Waals surface area contributed by atoms with Crippen LogP contribution in [0.2, 0.25) is 0 Å². The molecule has 0 saturated carbocycles. The summed E-state index contributed by atoms with van der Waals surface area (Å²) in [5.41, 5.74) is 1.81. The smallest absolute Gasteiger partial charge is 0.233 e. The molecule has 0 unspecified atom stereocenters. The third-order valence-electron chi connectivity index (χ3n) is 4.56. The lowest BCUT2D eigenvalue weighted by Gasteiger charge is -2.17. The number of carbonyl (C=O) groups is 3. The van der Waals surface area contributed by atoms with E-state index in [1.807, 2.05) is 37.3 Å². The summed E-state index contributed by atoms with van der Waals surface area (Å²) in [6, 6.07) is 7.46. The SMILES string of the molecule is Cc1ccc(NC(=O)CCN2C(=O)[C@H]3CC=C(Cl)C[C@@H]3C2=O)cc1. The van der Waals surface area contributed by atoms with E-state index in [0.717, 1.165) is 5.56 Å². The van der Waals surface area contributed by atoms with Gasteiger partial charge >= 0.3 is 0 Å². The Bertz CT molecular complexity index is 711. The van der Waals surface area contributed by atoms with Gasteiger partial charge in [0.25, 0.3) is 0 Å². The maximum Gasteiger partial charge on any atom is 0.233 e. The lowest BCUT2D eigenvalue weighted by molar-refractivity contribution is -0.140. The number of halogens is 1. The molecule has 1 N–H and O–H groups in total. The molecule has 126 valence electrons. The fourth-order valence-electron chi connectivity index (χ4n) is 3.19. The maximum atomic E-state index is 12.4. The average Bonchev–Trinajstić information content (AvgIpc) is 2.78. The maximum absolute atomic E-state index is 12.4. The van der Waals surface area contributed by atoms with E-state index in [0.29, 0.717) is 23.6 Å². The van der Waals surface area contributed by atoms with Crippen molar-refractivity contribution >= 4 is 35.0 Å². The molecule has 5 nitrogen and oxygen atoms in total. The van der Waals surface area contributed by atoms with Crippen LogP contribution in [0.15, 0.2) is 35.4 Å². The summed E-state index contributed by atoms with van der Waals surface area (Å²) in [4.78, 5) is 38.0. The molecule has 2 aliphatic rings. The Morgan fingerprint density at radius 2 is 1.88 bits per heavy atom. The van der Waals surface area contributed by atoms with Crippen molar-refractivity contribution in [1.82, 2.24) is 4.90 Å². The van der Waals surface area contributed by atoms with Crippen LogP contribution >= 0.6 is 11.6 Å². The van der Waals surface area contributed by atoms with E-state index < -0.39 is 0 Å². The normalized spacial score (nSPS) is 23.1. The highest BCUT2D eigenvalue weighted by Crippen LogP contribution is 2.38. The number of rotatable bonds is 4. The second kappa shape index (κ2) is 6.77. The number of aryl methyl sites for hydroxylation is 1. The van der Waals surface area contributed by atoms with Gasteiger partial charge in [0, 0.05) is 23.7 Å². The van der Waals surface area contributed by atoms with Crippen LogP contribution < -0.4 is 5.32 Å². The number of hydrogen-bond donors (Lipinski definition) is 1. The second-order valence-corrected chi connectivity index (χ2v) is 6.78. The van der Waals surface area contributed by atoms with Crippen molar-refractivity contribution in [3.05, 3.63) is 40.9 Å². The Labute approximate surface area is 145 Å². The fraction of sp³-hybridized carbons (Fsp3) is 0.389. The molecule has 0 radical (unpaired) electrons. The molecule has 1 aromatic rings. The van der Waals surface area contributed by atoms with Crippen molar-refractivity contribution in [2.45, 2.75) is 26.2 Å². The van der Waals surface area contributed by atoms with Crippen LogP contribution in [0.5, 0.6) is 0 Å². The highest BCUT2D eigenvalue weighted by molar-refractivity contribution is 6.30. The van der Waals surface area contributed by atoms with Crippen molar-refractivity contribution < 1.29 is 14.4 Å². The van der Waals surface area contributed by atoms with Gasteiger partial charge in [-0.2, -0.15) is 0 Å². The predicted octanol–water partition coefficient (Wildman–Crippen LogP) is 2.84. The Morgan fingerprint density at radius 3 is 2.58 bits per heavy atom. The zero-order chi connectivity index (χ0) is 17.3. The van der Waals surface area contributed by atoms with Gasteiger partial charge in [0.05, 0.1) is 11.8 Å². The van der Waals surface area contributed by atoms with E-state index in [4.69, 9.17) is 11.6 Å². The van der Waals surface area contributed by atoms with Gasteiger partial charge in [-0.3, -0.25) is 19.3 Å². The lowest BCUT2D eigenvalue weighted by Crippen LogP contribution is -2.34. The molecule has 0 aromatic heterocycles. The predicted molar refractivity (Wildman–Crippen MR) is 91.3 cm³/mol. The molecule has 1 aliphatic heterocycles. The van der Waals surface area contributed by atoms with Gasteiger partial charge in [-0.1, -0.05) is 35.4 Å². The van der Waals surface area contributed by atoms with Gasteiger partial charge in [0.15, 0.2) is 0 Å². The number of hydrogen-bond acceptors (Lipinski definition) is 3. The van der Waals surface area contributed by atoms with Crippen LogP contribution in [0.4, 0.5) is 5.69 Å². The molecule has 3 amide bonds. The van der Waals surface area contributed by atoms with Crippen LogP contribution in [-0.2, 0) is 14.4 Å². The van der Waals surface area contributed by atoms with Crippen molar-refractivity contribution in [1.29, 1.82) is 0 Å². The Hall–Kier alpha value is -2.14. The van der Waals surface area contributed by atoms with E-state index in [1.165, 1.54) is 4.90 Å². The number of nitrogens with zero attached hydrogens (tertiary/aromatic N) is 1. The summed E-state index contributed by atoms with van der Waals surface area (Å²) in [5.74, 6) is -1.30. The molecule has 3 rings (SSSR count). The molecule has 2 atom stereocenters. The van der Waals surface area contributed by atoms with Crippen LogP contribution in [0.1, 0.15) is 24.8 Å². The first-order chi connectivity index (χ1) is 11.5. The Balaban J connectivity index is 1.57. The molecule has 1 aromatic carbocycles. The van der Waals surface area contributed by atoms with Gasteiger partial charge in [-0.15, -0.1) is 0 Å². The van der Waals surface area contributed by atoms with Gasteiger partial charge < -0.3 is 5.32 Å². The molecule has 1 aliphatic carbocycles. The number of imide groups is 1. The molecule has 24 heavy (non-hydrogen) atoms. The average molecular weight is 347 g/mol. The number of likely N-dealkylation sites (tertiary alicyclic amines) is 1. The van der Waals surface area contributed by atoms with E-state index in [-0.39, 0.29) is 42.5 Å². The summed E-state index contributed by atoms with van der Waals surface area (Å²) < 4.78 is 0. The van der Waals surface area contributed by atoms with E-state index in [9.17, 15) is 14.4 Å². The summed E-state index contributed by atoms with van der Waals surface area (Å²) in [6.07, 6.45) is 2.82. The molecule has 1 fully saturated rings. The first-order valence-corrected chi connectivity index (χ1v) is 8.40. The minimum absolute atomic E-state index is 0.0892.